The van der Waals surface area contributed by atoms with E-state index in [1.807, 2.05) is 24.3 Å². The Kier molecular flexibility index (Phi) is 6.72. The van der Waals surface area contributed by atoms with E-state index >= 15 is 0 Å². The smallest absolute Gasteiger partial charge is 0.128 e. The summed E-state index contributed by atoms with van der Waals surface area (Å²) in [6, 6.07) is 20.7. The van der Waals surface area contributed by atoms with Crippen LogP contribution in [0.2, 0.25) is 0 Å². The molecule has 1 heterocycles. The number of hydrogen-bond donors (Lipinski definition) is 2. The van der Waals surface area contributed by atoms with Crippen LogP contribution in [0.5, 0.6) is 0 Å². The summed E-state index contributed by atoms with van der Waals surface area (Å²) < 4.78 is 0. The van der Waals surface area contributed by atoms with E-state index in [-0.39, 0.29) is 0 Å². The topological polar surface area (TPSA) is 56.3 Å². The Hall–Kier alpha value is -2.76. The molecule has 0 unspecified atom stereocenters. The zero-order valence-electron chi connectivity index (χ0n) is 16.5. The number of benzene rings is 3. The van der Waals surface area contributed by atoms with Gasteiger partial charge < -0.3 is 15.3 Å². The highest BCUT2D eigenvalue weighted by molar-refractivity contribution is 6.18. The lowest BCUT2D eigenvalue weighted by atomic mass is 10.1. The Bertz CT molecular complexity index is 1080. The molecule has 2 N–H and O–H groups in total. The van der Waals surface area contributed by atoms with Crippen LogP contribution in [0.15, 0.2) is 65.8 Å². The standard InChI is InChI=1S/C23H23Cl2N5/c24-9-11-30(12-10-25)20-7-5-17(6-8-20)15-26-27-16-23-28-21-13-18-3-1-2-4-19(18)14-22(21)29-23/h1-8,13-15,27H,9-12,16H2,(H,28,29). The van der Waals surface area contributed by atoms with Gasteiger partial charge in [0.05, 0.1) is 23.8 Å². The number of hydrogen-bond acceptors (Lipinski definition) is 4. The predicted molar refractivity (Wildman–Crippen MR) is 128 cm³/mol. The molecule has 1 aromatic heterocycles. The summed E-state index contributed by atoms with van der Waals surface area (Å²) in [6.07, 6.45) is 1.80. The minimum Gasteiger partial charge on any atom is -0.369 e. The summed E-state index contributed by atoms with van der Waals surface area (Å²) in [5, 5.41) is 6.71. The molecule has 5 nitrogen and oxygen atoms in total. The molecule has 3 aromatic carbocycles. The van der Waals surface area contributed by atoms with Gasteiger partial charge in [0.1, 0.15) is 5.82 Å². The highest BCUT2D eigenvalue weighted by atomic mass is 35.5. The van der Waals surface area contributed by atoms with Gasteiger partial charge in [-0.1, -0.05) is 36.4 Å². The van der Waals surface area contributed by atoms with Crippen molar-refractivity contribution in [1.82, 2.24) is 15.4 Å². The molecule has 0 bridgehead atoms. The largest absolute Gasteiger partial charge is 0.369 e. The molecule has 0 saturated carbocycles. The van der Waals surface area contributed by atoms with E-state index in [1.165, 1.54) is 10.8 Å². The lowest BCUT2D eigenvalue weighted by Crippen LogP contribution is -2.27. The molecular formula is C23H23Cl2N5. The predicted octanol–water partition coefficient (Wildman–Crippen LogP) is 5.12. The molecule has 0 amide bonds. The van der Waals surface area contributed by atoms with Crippen molar-refractivity contribution in [2.75, 3.05) is 29.7 Å². The second-order valence-electron chi connectivity index (χ2n) is 6.95. The molecule has 0 radical (unpaired) electrons. The first-order chi connectivity index (χ1) is 14.8. The van der Waals surface area contributed by atoms with Crippen molar-refractivity contribution in [3.8, 4) is 0 Å². The van der Waals surface area contributed by atoms with E-state index in [1.54, 1.807) is 6.21 Å². The number of nitrogens with zero attached hydrogens (tertiary/aromatic N) is 3. The maximum atomic E-state index is 5.88. The zero-order chi connectivity index (χ0) is 20.8. The van der Waals surface area contributed by atoms with Crippen molar-refractivity contribution < 1.29 is 0 Å². The van der Waals surface area contributed by atoms with E-state index in [0.717, 1.165) is 41.2 Å². The van der Waals surface area contributed by atoms with Crippen LogP contribution in [0.1, 0.15) is 11.4 Å². The van der Waals surface area contributed by atoms with Crippen LogP contribution in [-0.4, -0.2) is 41.0 Å². The molecule has 0 aliphatic rings. The molecule has 0 aliphatic heterocycles. The third kappa shape index (κ3) is 4.86. The fourth-order valence-corrected chi connectivity index (χ4v) is 3.83. The van der Waals surface area contributed by atoms with Crippen LogP contribution in [-0.2, 0) is 6.54 Å². The number of alkyl halides is 2. The van der Waals surface area contributed by atoms with Gasteiger partial charge in [-0.2, -0.15) is 5.10 Å². The normalized spacial score (nSPS) is 11.5. The van der Waals surface area contributed by atoms with Gasteiger partial charge in [0.25, 0.3) is 0 Å². The number of imidazole rings is 1. The van der Waals surface area contributed by atoms with Crippen molar-refractivity contribution in [2.45, 2.75) is 6.54 Å². The lowest BCUT2D eigenvalue weighted by Gasteiger charge is -2.22. The number of rotatable bonds is 9. The van der Waals surface area contributed by atoms with Crippen molar-refractivity contribution in [1.29, 1.82) is 0 Å². The Morgan fingerprint density at radius 2 is 1.67 bits per heavy atom. The summed E-state index contributed by atoms with van der Waals surface area (Å²) in [5.74, 6) is 1.99. The Morgan fingerprint density at radius 3 is 2.37 bits per heavy atom. The first-order valence-electron chi connectivity index (χ1n) is 9.87. The Morgan fingerprint density at radius 1 is 0.967 bits per heavy atom. The lowest BCUT2D eigenvalue weighted by molar-refractivity contribution is 0.717. The summed E-state index contributed by atoms with van der Waals surface area (Å²) in [5.41, 5.74) is 7.17. The minimum atomic E-state index is 0.527. The number of nitrogens with one attached hydrogen (secondary N) is 2. The van der Waals surface area contributed by atoms with E-state index in [4.69, 9.17) is 23.2 Å². The average molecular weight is 440 g/mol. The van der Waals surface area contributed by atoms with E-state index in [9.17, 15) is 0 Å². The molecule has 30 heavy (non-hydrogen) atoms. The number of halogens is 2. The maximum Gasteiger partial charge on any atom is 0.128 e. The molecule has 0 spiro atoms. The molecule has 0 aliphatic carbocycles. The molecule has 4 rings (SSSR count). The van der Waals surface area contributed by atoms with Crippen LogP contribution in [0, 0.1) is 0 Å². The third-order valence-electron chi connectivity index (χ3n) is 4.92. The number of aromatic nitrogens is 2. The fourth-order valence-electron chi connectivity index (χ4n) is 3.42. The molecule has 154 valence electrons. The van der Waals surface area contributed by atoms with Crippen molar-refractivity contribution >= 4 is 56.9 Å². The van der Waals surface area contributed by atoms with Crippen LogP contribution in [0.25, 0.3) is 21.8 Å². The number of H-pyrrole nitrogens is 1. The number of hydrazone groups is 1. The molecule has 0 saturated heterocycles. The molecular weight excluding hydrogens is 417 g/mol. The molecule has 0 atom stereocenters. The van der Waals surface area contributed by atoms with Crippen molar-refractivity contribution in [3.63, 3.8) is 0 Å². The van der Waals surface area contributed by atoms with Crippen molar-refractivity contribution in [3.05, 3.63) is 72.1 Å². The summed E-state index contributed by atoms with van der Waals surface area (Å²) in [7, 11) is 0. The zero-order valence-corrected chi connectivity index (χ0v) is 18.0. The number of fused-ring (bicyclic) bond motifs is 2. The maximum absolute atomic E-state index is 5.88. The Labute approximate surface area is 185 Å². The second-order valence-corrected chi connectivity index (χ2v) is 7.71. The van der Waals surface area contributed by atoms with E-state index in [0.29, 0.717) is 18.3 Å². The van der Waals surface area contributed by atoms with Gasteiger partial charge in [-0.3, -0.25) is 0 Å². The van der Waals surface area contributed by atoms with Gasteiger partial charge in [0, 0.05) is 30.5 Å². The average Bonchev–Trinajstić information content (AvgIpc) is 3.17. The molecule has 4 aromatic rings. The first kappa shape index (κ1) is 20.5. The number of anilines is 1. The highest BCUT2D eigenvalue weighted by Crippen LogP contribution is 2.21. The number of aromatic amines is 1. The summed E-state index contributed by atoms with van der Waals surface area (Å²) in [4.78, 5) is 10.2. The first-order valence-corrected chi connectivity index (χ1v) is 10.9. The highest BCUT2D eigenvalue weighted by Gasteiger charge is 2.05. The molecule has 0 fully saturated rings. The Balaban J connectivity index is 1.37. The van der Waals surface area contributed by atoms with Crippen LogP contribution in [0.3, 0.4) is 0 Å². The quantitative estimate of drug-likeness (QED) is 0.216. The third-order valence-corrected chi connectivity index (χ3v) is 5.25. The minimum absolute atomic E-state index is 0.527. The fraction of sp³-hybridized carbons (Fsp3) is 0.217. The van der Waals surface area contributed by atoms with Gasteiger partial charge in [-0.25, -0.2) is 4.98 Å². The summed E-state index contributed by atoms with van der Waals surface area (Å²) >= 11 is 11.8. The van der Waals surface area contributed by atoms with Crippen LogP contribution >= 0.6 is 23.2 Å². The van der Waals surface area contributed by atoms with E-state index < -0.39 is 0 Å². The van der Waals surface area contributed by atoms with Crippen LogP contribution in [0.4, 0.5) is 5.69 Å². The van der Waals surface area contributed by atoms with E-state index in [2.05, 4.69) is 61.8 Å². The van der Waals surface area contributed by atoms with Crippen LogP contribution < -0.4 is 10.3 Å². The van der Waals surface area contributed by atoms with Crippen molar-refractivity contribution in [2.24, 2.45) is 5.10 Å². The SMILES string of the molecule is ClCCN(CCCl)c1ccc(C=NNCc2nc3cc4ccccc4cc3[nH]2)cc1. The van der Waals surface area contributed by atoms with Gasteiger partial charge >= 0.3 is 0 Å². The van der Waals surface area contributed by atoms with Gasteiger partial charge in [-0.05, 0) is 40.6 Å². The monoisotopic (exact) mass is 439 g/mol. The van der Waals surface area contributed by atoms with Gasteiger partial charge in [0.15, 0.2) is 0 Å². The summed E-state index contributed by atoms with van der Waals surface area (Å²) in [6.45, 7) is 2.07. The molecule has 7 heteroatoms. The van der Waals surface area contributed by atoms with Gasteiger partial charge in [0.2, 0.25) is 0 Å². The second kappa shape index (κ2) is 9.83. The van der Waals surface area contributed by atoms with Gasteiger partial charge in [-0.15, -0.1) is 23.2 Å².